The SMILES string of the molecule is CCc1cc(CN2CCCC2)cn2cc(C(=O)N3CCC4(CC3)Cc3ccccc3CN4)nc12. The molecule has 3 aliphatic heterocycles. The van der Waals surface area contributed by atoms with Crippen LogP contribution in [0.1, 0.15) is 65.3 Å². The maximum atomic E-state index is 13.4. The van der Waals surface area contributed by atoms with Crippen molar-refractivity contribution in [3.63, 3.8) is 0 Å². The lowest BCUT2D eigenvalue weighted by molar-refractivity contribution is 0.0626. The van der Waals surface area contributed by atoms with Crippen LogP contribution in [-0.2, 0) is 25.9 Å². The molecule has 6 rings (SSSR count). The molecule has 0 radical (unpaired) electrons. The summed E-state index contributed by atoms with van der Waals surface area (Å²) in [5, 5.41) is 3.80. The van der Waals surface area contributed by atoms with E-state index in [1.165, 1.54) is 48.2 Å². The topological polar surface area (TPSA) is 52.9 Å². The van der Waals surface area contributed by atoms with Gasteiger partial charge in [0.2, 0.25) is 0 Å². The van der Waals surface area contributed by atoms with Gasteiger partial charge in [0.05, 0.1) is 0 Å². The molecule has 3 aliphatic rings. The van der Waals surface area contributed by atoms with Crippen molar-refractivity contribution in [2.24, 2.45) is 0 Å². The summed E-state index contributed by atoms with van der Waals surface area (Å²) in [6.45, 7) is 8.01. The van der Waals surface area contributed by atoms with Gasteiger partial charge in [0.15, 0.2) is 0 Å². The van der Waals surface area contributed by atoms with Crippen LogP contribution in [0.3, 0.4) is 0 Å². The van der Waals surface area contributed by atoms with Crippen LogP contribution in [0.25, 0.3) is 5.65 Å². The van der Waals surface area contributed by atoms with Crippen molar-refractivity contribution in [3.05, 3.63) is 70.7 Å². The fourth-order valence-corrected chi connectivity index (χ4v) is 6.15. The molecule has 34 heavy (non-hydrogen) atoms. The van der Waals surface area contributed by atoms with Crippen LogP contribution >= 0.6 is 0 Å². The van der Waals surface area contributed by atoms with E-state index in [0.717, 1.165) is 57.5 Å². The molecule has 5 heterocycles. The zero-order valence-corrected chi connectivity index (χ0v) is 20.2. The first kappa shape index (κ1) is 21.8. The quantitative estimate of drug-likeness (QED) is 0.647. The van der Waals surface area contributed by atoms with Crippen LogP contribution in [0.4, 0.5) is 0 Å². The highest BCUT2D eigenvalue weighted by Gasteiger charge is 2.38. The second-order valence-corrected chi connectivity index (χ2v) is 10.4. The molecule has 2 fully saturated rings. The lowest BCUT2D eigenvalue weighted by atomic mass is 9.78. The number of nitrogens with zero attached hydrogens (tertiary/aromatic N) is 4. The number of carbonyl (C=O) groups is 1. The number of benzene rings is 1. The molecule has 0 saturated carbocycles. The Kier molecular flexibility index (Phi) is 5.66. The third-order valence-electron chi connectivity index (χ3n) is 8.20. The van der Waals surface area contributed by atoms with Crippen molar-refractivity contribution >= 4 is 11.6 Å². The lowest BCUT2D eigenvalue weighted by Crippen LogP contribution is -2.57. The Morgan fingerprint density at radius 1 is 1.06 bits per heavy atom. The van der Waals surface area contributed by atoms with Crippen molar-refractivity contribution in [1.29, 1.82) is 0 Å². The van der Waals surface area contributed by atoms with E-state index in [9.17, 15) is 4.79 Å². The van der Waals surface area contributed by atoms with E-state index in [2.05, 4.69) is 58.1 Å². The van der Waals surface area contributed by atoms with E-state index >= 15 is 0 Å². The summed E-state index contributed by atoms with van der Waals surface area (Å²) in [5.41, 5.74) is 7.01. The minimum Gasteiger partial charge on any atom is -0.337 e. The van der Waals surface area contributed by atoms with E-state index in [4.69, 9.17) is 4.98 Å². The van der Waals surface area contributed by atoms with Gasteiger partial charge in [0, 0.05) is 44.1 Å². The van der Waals surface area contributed by atoms with E-state index in [1.807, 2.05) is 11.1 Å². The molecule has 0 unspecified atom stereocenters. The summed E-state index contributed by atoms with van der Waals surface area (Å²) >= 11 is 0. The third kappa shape index (κ3) is 4.03. The van der Waals surface area contributed by atoms with Gasteiger partial charge in [-0.25, -0.2) is 4.98 Å². The van der Waals surface area contributed by atoms with E-state index in [1.54, 1.807) is 0 Å². The van der Waals surface area contributed by atoms with Gasteiger partial charge in [-0.05, 0) is 79.9 Å². The van der Waals surface area contributed by atoms with Gasteiger partial charge in [-0.2, -0.15) is 0 Å². The molecule has 2 aromatic heterocycles. The number of aromatic nitrogens is 2. The van der Waals surface area contributed by atoms with Crippen LogP contribution in [0.5, 0.6) is 0 Å². The zero-order chi connectivity index (χ0) is 23.1. The molecule has 0 aliphatic carbocycles. The summed E-state index contributed by atoms with van der Waals surface area (Å²) in [6.07, 6.45) is 10.7. The van der Waals surface area contributed by atoms with Gasteiger partial charge in [-0.1, -0.05) is 31.2 Å². The van der Waals surface area contributed by atoms with Gasteiger partial charge >= 0.3 is 0 Å². The monoisotopic (exact) mass is 457 g/mol. The Balaban J connectivity index is 1.17. The van der Waals surface area contributed by atoms with Gasteiger partial charge < -0.3 is 14.6 Å². The maximum Gasteiger partial charge on any atom is 0.274 e. The number of hydrogen-bond donors (Lipinski definition) is 1. The molecule has 1 N–H and O–H groups in total. The van der Waals surface area contributed by atoms with E-state index < -0.39 is 0 Å². The normalized spacial score (nSPS) is 20.2. The highest BCUT2D eigenvalue weighted by Crippen LogP contribution is 2.32. The summed E-state index contributed by atoms with van der Waals surface area (Å²) in [6, 6.07) is 11.0. The fourth-order valence-electron chi connectivity index (χ4n) is 6.15. The van der Waals surface area contributed by atoms with Crippen LogP contribution < -0.4 is 5.32 Å². The number of rotatable bonds is 4. The molecular formula is C28H35N5O. The predicted octanol–water partition coefficient (Wildman–Crippen LogP) is 3.81. The summed E-state index contributed by atoms with van der Waals surface area (Å²) in [4.78, 5) is 22.8. The first-order valence-corrected chi connectivity index (χ1v) is 13.0. The number of imidazole rings is 1. The van der Waals surface area contributed by atoms with Crippen LogP contribution in [0.2, 0.25) is 0 Å². The summed E-state index contributed by atoms with van der Waals surface area (Å²) < 4.78 is 2.09. The number of pyridine rings is 1. The molecule has 3 aromatic rings. The van der Waals surface area contributed by atoms with Crippen LogP contribution in [0, 0.1) is 0 Å². The molecule has 2 saturated heterocycles. The molecule has 0 atom stereocenters. The predicted molar refractivity (Wildman–Crippen MR) is 134 cm³/mol. The van der Waals surface area contributed by atoms with Crippen LogP contribution in [-0.4, -0.2) is 56.8 Å². The van der Waals surface area contributed by atoms with Crippen molar-refractivity contribution in [3.8, 4) is 0 Å². The number of amides is 1. The first-order valence-electron chi connectivity index (χ1n) is 13.0. The average molecular weight is 458 g/mol. The van der Waals surface area contributed by atoms with Crippen molar-refractivity contribution in [2.45, 2.75) is 64.1 Å². The molecule has 178 valence electrons. The van der Waals surface area contributed by atoms with Crippen molar-refractivity contribution in [2.75, 3.05) is 26.2 Å². The second kappa shape index (κ2) is 8.82. The summed E-state index contributed by atoms with van der Waals surface area (Å²) in [5.74, 6) is 0.0675. The highest BCUT2D eigenvalue weighted by atomic mass is 16.2. The van der Waals surface area contributed by atoms with Gasteiger partial charge in [0.1, 0.15) is 11.3 Å². The number of nitrogens with one attached hydrogen (secondary N) is 1. The Morgan fingerprint density at radius 2 is 1.82 bits per heavy atom. The number of carbonyl (C=O) groups excluding carboxylic acids is 1. The molecular weight excluding hydrogens is 422 g/mol. The first-order chi connectivity index (χ1) is 16.6. The zero-order valence-electron chi connectivity index (χ0n) is 20.2. The number of aryl methyl sites for hydroxylation is 1. The Labute approximate surface area is 202 Å². The second-order valence-electron chi connectivity index (χ2n) is 10.4. The molecule has 1 spiro atoms. The Morgan fingerprint density at radius 3 is 2.59 bits per heavy atom. The largest absolute Gasteiger partial charge is 0.337 e. The van der Waals surface area contributed by atoms with Crippen molar-refractivity contribution < 1.29 is 4.79 Å². The van der Waals surface area contributed by atoms with Gasteiger partial charge in [-0.3, -0.25) is 9.69 Å². The molecule has 0 bridgehead atoms. The Bertz CT molecular complexity index is 1200. The highest BCUT2D eigenvalue weighted by molar-refractivity contribution is 5.93. The minimum absolute atomic E-state index is 0.0675. The minimum atomic E-state index is 0.0675. The fraction of sp³-hybridized carbons (Fsp3) is 0.500. The van der Waals surface area contributed by atoms with Gasteiger partial charge in [-0.15, -0.1) is 0 Å². The van der Waals surface area contributed by atoms with Crippen LogP contribution in [0.15, 0.2) is 42.7 Å². The number of hydrogen-bond acceptors (Lipinski definition) is 4. The third-order valence-corrected chi connectivity index (χ3v) is 8.20. The Hall–Kier alpha value is -2.70. The van der Waals surface area contributed by atoms with Crippen molar-refractivity contribution in [1.82, 2.24) is 24.5 Å². The van der Waals surface area contributed by atoms with Gasteiger partial charge in [0.25, 0.3) is 5.91 Å². The average Bonchev–Trinajstić information content (AvgIpc) is 3.53. The molecule has 1 amide bonds. The van der Waals surface area contributed by atoms with E-state index in [0.29, 0.717) is 5.69 Å². The number of piperidine rings is 1. The number of likely N-dealkylation sites (tertiary alicyclic amines) is 2. The lowest BCUT2D eigenvalue weighted by Gasteiger charge is -2.45. The smallest absolute Gasteiger partial charge is 0.274 e. The number of fused-ring (bicyclic) bond motifs is 2. The summed E-state index contributed by atoms with van der Waals surface area (Å²) in [7, 11) is 0. The molecule has 1 aromatic carbocycles. The molecule has 6 heteroatoms. The molecule has 6 nitrogen and oxygen atoms in total. The maximum absolute atomic E-state index is 13.4. The van der Waals surface area contributed by atoms with E-state index in [-0.39, 0.29) is 11.4 Å². The standard InChI is InChI=1S/C28H35N5O/c1-2-22-15-21(18-31-11-5-6-12-31)19-33-20-25(30-26(22)33)27(34)32-13-9-28(10-14-32)16-23-7-3-4-8-24(23)17-29-28/h3-4,7-8,15,19-20,29H,2,5-6,9-14,16-18H2,1H3.